The topological polar surface area (TPSA) is 49.3 Å². The number of aliphatic hydroxyl groups is 1. The average molecular weight is 293 g/mol. The van der Waals surface area contributed by atoms with Gasteiger partial charge >= 0.3 is 0 Å². The maximum atomic E-state index is 12.2. The summed E-state index contributed by atoms with van der Waals surface area (Å²) in [5, 5.41) is 11.8. The number of carbonyl (C=O) groups excluding carboxylic acids is 1. The van der Waals surface area contributed by atoms with Gasteiger partial charge in [-0.1, -0.05) is 32.1 Å². The summed E-state index contributed by atoms with van der Waals surface area (Å²) in [7, 11) is 0. The minimum absolute atomic E-state index is 0.00592. The Labute approximate surface area is 125 Å². The van der Waals surface area contributed by atoms with Crippen LogP contribution in [0.25, 0.3) is 0 Å². The fourth-order valence-electron chi connectivity index (χ4n) is 1.90. The lowest BCUT2D eigenvalue weighted by atomic mass is 10.1. The van der Waals surface area contributed by atoms with Crippen LogP contribution in [0.3, 0.4) is 0 Å². The Hall–Kier alpha value is -1.31. The SMILES string of the molecule is CCCC(CC)NC(=O)c1cc(C)c(C#CCCO)s1. The summed E-state index contributed by atoms with van der Waals surface area (Å²) < 4.78 is 0. The molecule has 110 valence electrons. The third-order valence-corrected chi connectivity index (χ3v) is 4.20. The zero-order valence-electron chi connectivity index (χ0n) is 12.5. The normalized spacial score (nSPS) is 11.6. The summed E-state index contributed by atoms with van der Waals surface area (Å²) in [6, 6.07) is 2.14. The number of carbonyl (C=O) groups is 1. The van der Waals surface area contributed by atoms with Crippen LogP contribution >= 0.6 is 11.3 Å². The van der Waals surface area contributed by atoms with Gasteiger partial charge in [0.25, 0.3) is 5.91 Å². The van der Waals surface area contributed by atoms with Crippen LogP contribution < -0.4 is 5.32 Å². The molecule has 1 atom stereocenters. The number of nitrogens with one attached hydrogen (secondary N) is 1. The Morgan fingerprint density at radius 3 is 2.85 bits per heavy atom. The molecule has 0 saturated heterocycles. The van der Waals surface area contributed by atoms with E-state index in [1.54, 1.807) is 0 Å². The molecule has 0 bridgehead atoms. The Morgan fingerprint density at radius 2 is 2.25 bits per heavy atom. The number of hydrogen-bond acceptors (Lipinski definition) is 3. The molecule has 0 aliphatic heterocycles. The maximum absolute atomic E-state index is 12.2. The van der Waals surface area contributed by atoms with Crippen molar-refractivity contribution in [2.24, 2.45) is 0 Å². The van der Waals surface area contributed by atoms with Crippen molar-refractivity contribution in [1.29, 1.82) is 0 Å². The van der Waals surface area contributed by atoms with E-state index >= 15 is 0 Å². The number of hydrogen-bond donors (Lipinski definition) is 2. The highest BCUT2D eigenvalue weighted by Crippen LogP contribution is 2.21. The molecule has 1 aromatic heterocycles. The Morgan fingerprint density at radius 1 is 1.50 bits per heavy atom. The third kappa shape index (κ3) is 4.99. The molecule has 0 aliphatic rings. The minimum Gasteiger partial charge on any atom is -0.395 e. The van der Waals surface area contributed by atoms with Crippen LogP contribution in [0.4, 0.5) is 0 Å². The highest BCUT2D eigenvalue weighted by molar-refractivity contribution is 7.14. The number of aryl methyl sites for hydroxylation is 1. The summed E-state index contributed by atoms with van der Waals surface area (Å²) in [5.41, 5.74) is 1.02. The molecule has 1 amide bonds. The van der Waals surface area contributed by atoms with Gasteiger partial charge in [0.15, 0.2) is 0 Å². The van der Waals surface area contributed by atoms with Crippen molar-refractivity contribution in [1.82, 2.24) is 5.32 Å². The molecule has 2 N–H and O–H groups in total. The molecule has 0 radical (unpaired) electrons. The maximum Gasteiger partial charge on any atom is 0.261 e. The van der Waals surface area contributed by atoms with Gasteiger partial charge in [0.2, 0.25) is 0 Å². The Bertz CT molecular complexity index is 496. The first-order valence-electron chi connectivity index (χ1n) is 7.13. The highest BCUT2D eigenvalue weighted by Gasteiger charge is 2.14. The van der Waals surface area contributed by atoms with Gasteiger partial charge in [0.1, 0.15) is 0 Å². The third-order valence-electron chi connectivity index (χ3n) is 3.05. The molecule has 1 aromatic rings. The van der Waals surface area contributed by atoms with E-state index in [1.807, 2.05) is 13.0 Å². The summed E-state index contributed by atoms with van der Waals surface area (Å²) in [6.07, 6.45) is 3.50. The zero-order valence-corrected chi connectivity index (χ0v) is 13.3. The van der Waals surface area contributed by atoms with E-state index in [9.17, 15) is 4.79 Å². The van der Waals surface area contributed by atoms with Crippen LogP contribution in [0.1, 0.15) is 59.6 Å². The molecule has 20 heavy (non-hydrogen) atoms. The summed E-state index contributed by atoms with van der Waals surface area (Å²) in [6.45, 7) is 6.24. The van der Waals surface area contributed by atoms with Crippen LogP contribution in [0.15, 0.2) is 6.07 Å². The largest absolute Gasteiger partial charge is 0.395 e. The predicted octanol–water partition coefficient (Wildman–Crippen LogP) is 3.10. The molecule has 0 aliphatic carbocycles. The van der Waals surface area contributed by atoms with Gasteiger partial charge in [0, 0.05) is 12.5 Å². The molecule has 0 saturated carbocycles. The van der Waals surface area contributed by atoms with Gasteiger partial charge in [-0.3, -0.25) is 4.79 Å². The molecule has 1 unspecified atom stereocenters. The first kappa shape index (κ1) is 16.7. The van der Waals surface area contributed by atoms with Crippen LogP contribution in [0, 0.1) is 18.8 Å². The van der Waals surface area contributed by atoms with Gasteiger partial charge in [-0.15, -0.1) is 11.3 Å². The van der Waals surface area contributed by atoms with Gasteiger partial charge in [0.05, 0.1) is 16.4 Å². The highest BCUT2D eigenvalue weighted by atomic mass is 32.1. The monoisotopic (exact) mass is 293 g/mol. The van der Waals surface area contributed by atoms with E-state index in [4.69, 9.17) is 5.11 Å². The van der Waals surface area contributed by atoms with Gasteiger partial charge in [-0.05, 0) is 31.4 Å². The first-order chi connectivity index (χ1) is 9.62. The second-order valence-corrected chi connectivity index (χ2v) is 5.82. The van der Waals surface area contributed by atoms with Crippen molar-refractivity contribution in [3.8, 4) is 11.8 Å². The van der Waals surface area contributed by atoms with E-state index in [2.05, 4.69) is 31.0 Å². The molecule has 4 heteroatoms. The second-order valence-electron chi connectivity index (χ2n) is 4.77. The smallest absolute Gasteiger partial charge is 0.261 e. The molecular formula is C16H23NO2S. The van der Waals surface area contributed by atoms with Crippen LogP contribution in [-0.2, 0) is 0 Å². The molecule has 0 spiro atoms. The average Bonchev–Trinajstić information content (AvgIpc) is 2.80. The van der Waals surface area contributed by atoms with Gasteiger partial charge in [-0.25, -0.2) is 0 Å². The molecule has 0 aromatic carbocycles. The molecule has 1 heterocycles. The lowest BCUT2D eigenvalue weighted by Gasteiger charge is -2.15. The second kappa shape index (κ2) is 8.78. The van der Waals surface area contributed by atoms with Crippen LogP contribution in [-0.4, -0.2) is 23.7 Å². The van der Waals surface area contributed by atoms with E-state index < -0.39 is 0 Å². The zero-order chi connectivity index (χ0) is 15.0. The predicted molar refractivity (Wildman–Crippen MR) is 84.1 cm³/mol. The molecular weight excluding hydrogens is 270 g/mol. The lowest BCUT2D eigenvalue weighted by Crippen LogP contribution is -2.33. The van der Waals surface area contributed by atoms with E-state index in [0.717, 1.165) is 29.7 Å². The fourth-order valence-corrected chi connectivity index (χ4v) is 2.85. The quantitative estimate of drug-likeness (QED) is 0.792. The molecule has 1 rings (SSSR count). The number of aliphatic hydroxyl groups excluding tert-OH is 1. The van der Waals surface area contributed by atoms with Crippen LogP contribution in [0.2, 0.25) is 0 Å². The first-order valence-corrected chi connectivity index (χ1v) is 7.95. The van der Waals surface area contributed by atoms with Gasteiger partial charge < -0.3 is 10.4 Å². The summed E-state index contributed by atoms with van der Waals surface area (Å²) in [4.78, 5) is 13.8. The molecule has 0 fully saturated rings. The van der Waals surface area contributed by atoms with Crippen molar-refractivity contribution in [3.63, 3.8) is 0 Å². The van der Waals surface area contributed by atoms with E-state index in [1.165, 1.54) is 11.3 Å². The van der Waals surface area contributed by atoms with Crippen molar-refractivity contribution in [2.75, 3.05) is 6.61 Å². The fraction of sp³-hybridized carbons (Fsp3) is 0.562. The van der Waals surface area contributed by atoms with Crippen molar-refractivity contribution < 1.29 is 9.90 Å². The lowest BCUT2D eigenvalue weighted by molar-refractivity contribution is 0.0938. The van der Waals surface area contributed by atoms with Crippen LogP contribution in [0.5, 0.6) is 0 Å². The standard InChI is InChI=1S/C16H23NO2S/c1-4-8-13(5-2)17-16(19)15-11-12(3)14(20-15)9-6-7-10-18/h11,13,18H,4-5,7-8,10H2,1-3H3,(H,17,19). The number of rotatable bonds is 6. The summed E-state index contributed by atoms with van der Waals surface area (Å²) in [5.74, 6) is 5.90. The van der Waals surface area contributed by atoms with E-state index in [-0.39, 0.29) is 18.6 Å². The van der Waals surface area contributed by atoms with Crippen molar-refractivity contribution in [2.45, 2.75) is 52.5 Å². The molecule has 3 nitrogen and oxygen atoms in total. The number of amides is 1. The van der Waals surface area contributed by atoms with Crippen molar-refractivity contribution in [3.05, 3.63) is 21.4 Å². The van der Waals surface area contributed by atoms with Crippen molar-refractivity contribution >= 4 is 17.2 Å². The number of thiophene rings is 1. The Balaban J connectivity index is 2.75. The Kier molecular flexibility index (Phi) is 7.35. The minimum atomic E-state index is -0.00592. The van der Waals surface area contributed by atoms with E-state index in [0.29, 0.717) is 11.3 Å². The van der Waals surface area contributed by atoms with Gasteiger partial charge in [-0.2, -0.15) is 0 Å². The summed E-state index contributed by atoms with van der Waals surface area (Å²) >= 11 is 1.42.